The Morgan fingerprint density at radius 1 is 1.17 bits per heavy atom. The van der Waals surface area contributed by atoms with E-state index in [9.17, 15) is 9.65 Å². The molecule has 0 spiro atoms. The number of thioether (sulfide) groups is 1. The third-order valence-electron chi connectivity index (χ3n) is 5.29. The number of halogens is 1. The number of hydrogen-bond donors (Lipinski definition) is 0. The van der Waals surface area contributed by atoms with Gasteiger partial charge in [0.25, 0.3) is 0 Å². The van der Waals surface area contributed by atoms with Crippen LogP contribution in [0.25, 0.3) is 11.1 Å². The van der Waals surface area contributed by atoms with Crippen LogP contribution in [0.3, 0.4) is 0 Å². The third kappa shape index (κ3) is 4.18. The second-order valence-corrected chi connectivity index (χ2v) is 8.30. The van der Waals surface area contributed by atoms with Crippen LogP contribution in [-0.4, -0.2) is 30.6 Å². The molecular weight excluding hydrogens is 397 g/mol. The summed E-state index contributed by atoms with van der Waals surface area (Å²) >= 11 is 1.53. The Labute approximate surface area is 180 Å². The van der Waals surface area contributed by atoms with Gasteiger partial charge in [0.05, 0.1) is 12.7 Å². The summed E-state index contributed by atoms with van der Waals surface area (Å²) in [6.45, 7) is 1.71. The van der Waals surface area contributed by atoms with Crippen molar-refractivity contribution < 1.29 is 9.13 Å². The molecule has 0 fully saturated rings. The Bertz CT molecular complexity index is 1090. The highest BCUT2D eigenvalue weighted by molar-refractivity contribution is 7.98. The van der Waals surface area contributed by atoms with E-state index in [0.717, 1.165) is 58.2 Å². The maximum absolute atomic E-state index is 13.2. The minimum Gasteiger partial charge on any atom is -0.497 e. The molecule has 0 N–H and O–H groups in total. The number of rotatable bonds is 5. The summed E-state index contributed by atoms with van der Waals surface area (Å²) in [5.41, 5.74) is 5.72. The zero-order valence-electron chi connectivity index (χ0n) is 17.0. The number of likely N-dealkylation sites (N-methyl/N-ethyl adjacent to an activating group) is 1. The van der Waals surface area contributed by atoms with Crippen LogP contribution in [0.15, 0.2) is 53.6 Å². The first kappa shape index (κ1) is 20.4. The lowest BCUT2D eigenvalue weighted by Gasteiger charge is -2.28. The van der Waals surface area contributed by atoms with Crippen LogP contribution in [0.2, 0.25) is 0 Å². The van der Waals surface area contributed by atoms with Crippen molar-refractivity contribution in [1.29, 1.82) is 5.26 Å². The van der Waals surface area contributed by atoms with Crippen molar-refractivity contribution in [3.63, 3.8) is 0 Å². The minimum atomic E-state index is -0.251. The highest BCUT2D eigenvalue weighted by Crippen LogP contribution is 2.38. The fourth-order valence-electron chi connectivity index (χ4n) is 3.69. The lowest BCUT2D eigenvalue weighted by atomic mass is 9.92. The zero-order valence-corrected chi connectivity index (χ0v) is 17.8. The lowest BCUT2D eigenvalue weighted by Crippen LogP contribution is -2.28. The number of hydrogen-bond acceptors (Lipinski definition) is 5. The fourth-order valence-corrected chi connectivity index (χ4v) is 4.65. The van der Waals surface area contributed by atoms with E-state index in [1.54, 1.807) is 19.2 Å². The quantitative estimate of drug-likeness (QED) is 0.542. The molecule has 0 bridgehead atoms. The zero-order chi connectivity index (χ0) is 21.1. The Morgan fingerprint density at radius 3 is 2.57 bits per heavy atom. The first-order chi connectivity index (χ1) is 14.6. The topological polar surface area (TPSA) is 49.1 Å². The molecule has 2 aromatic carbocycles. The molecule has 0 atom stereocenters. The molecule has 1 aliphatic heterocycles. The van der Waals surface area contributed by atoms with Crippen LogP contribution in [-0.2, 0) is 18.7 Å². The van der Waals surface area contributed by atoms with Gasteiger partial charge in [0.2, 0.25) is 0 Å². The summed E-state index contributed by atoms with van der Waals surface area (Å²) < 4.78 is 18.5. The molecule has 0 aliphatic carbocycles. The van der Waals surface area contributed by atoms with E-state index in [2.05, 4.69) is 18.0 Å². The Morgan fingerprint density at radius 2 is 1.90 bits per heavy atom. The van der Waals surface area contributed by atoms with Crippen molar-refractivity contribution in [2.24, 2.45) is 0 Å². The van der Waals surface area contributed by atoms with Crippen molar-refractivity contribution >= 4 is 11.8 Å². The monoisotopic (exact) mass is 419 g/mol. The van der Waals surface area contributed by atoms with Crippen molar-refractivity contribution in [3.05, 3.63) is 76.7 Å². The van der Waals surface area contributed by atoms with E-state index in [1.807, 2.05) is 24.3 Å². The van der Waals surface area contributed by atoms with Gasteiger partial charge in [-0.3, -0.25) is 0 Å². The van der Waals surface area contributed by atoms with Crippen LogP contribution >= 0.6 is 11.8 Å². The average Bonchev–Trinajstić information content (AvgIpc) is 2.78. The first-order valence-electron chi connectivity index (χ1n) is 9.75. The molecule has 0 unspecified atom stereocenters. The van der Waals surface area contributed by atoms with Gasteiger partial charge in [0.15, 0.2) is 0 Å². The van der Waals surface area contributed by atoms with Crippen LogP contribution in [0, 0.1) is 17.1 Å². The van der Waals surface area contributed by atoms with E-state index in [-0.39, 0.29) is 5.82 Å². The molecule has 4 rings (SSSR count). The van der Waals surface area contributed by atoms with E-state index in [1.165, 1.54) is 23.9 Å². The van der Waals surface area contributed by atoms with Crippen LogP contribution in [0.5, 0.6) is 5.75 Å². The number of nitriles is 1. The summed E-state index contributed by atoms with van der Waals surface area (Å²) in [7, 11) is 3.73. The second kappa shape index (κ2) is 8.86. The van der Waals surface area contributed by atoms with Crippen LogP contribution in [0.1, 0.15) is 22.4 Å². The Hall–Kier alpha value is -2.88. The van der Waals surface area contributed by atoms with Crippen molar-refractivity contribution in [2.75, 3.05) is 20.7 Å². The van der Waals surface area contributed by atoms with Gasteiger partial charge < -0.3 is 9.64 Å². The molecule has 30 heavy (non-hydrogen) atoms. The van der Waals surface area contributed by atoms with Gasteiger partial charge in [-0.15, -0.1) is 11.8 Å². The largest absolute Gasteiger partial charge is 0.497 e. The molecule has 0 radical (unpaired) electrons. The molecule has 6 heteroatoms. The average molecular weight is 420 g/mol. The molecule has 0 saturated carbocycles. The molecule has 2 heterocycles. The second-order valence-electron chi connectivity index (χ2n) is 7.34. The van der Waals surface area contributed by atoms with Crippen molar-refractivity contribution in [3.8, 4) is 22.9 Å². The predicted molar refractivity (Wildman–Crippen MR) is 117 cm³/mol. The lowest BCUT2D eigenvalue weighted by molar-refractivity contribution is 0.309. The maximum Gasteiger partial charge on any atom is 0.123 e. The van der Waals surface area contributed by atoms with Gasteiger partial charge >= 0.3 is 0 Å². The molecule has 3 aromatic rings. The van der Waals surface area contributed by atoms with Crippen LogP contribution < -0.4 is 4.74 Å². The van der Waals surface area contributed by atoms with Gasteiger partial charge in [0, 0.05) is 36.5 Å². The Kier molecular flexibility index (Phi) is 6.03. The smallest absolute Gasteiger partial charge is 0.123 e. The fraction of sp³-hybridized carbons (Fsp3) is 0.250. The molecule has 0 saturated heterocycles. The number of methoxy groups -OCH3 is 1. The van der Waals surface area contributed by atoms with Gasteiger partial charge in [-0.05, 0) is 48.0 Å². The van der Waals surface area contributed by atoms with Gasteiger partial charge in [0.1, 0.15) is 22.7 Å². The van der Waals surface area contributed by atoms with Crippen LogP contribution in [0.4, 0.5) is 4.39 Å². The summed E-state index contributed by atoms with van der Waals surface area (Å²) in [5, 5.41) is 10.8. The van der Waals surface area contributed by atoms with Gasteiger partial charge in [-0.1, -0.05) is 24.3 Å². The summed E-state index contributed by atoms with van der Waals surface area (Å²) in [5.74, 6) is 1.16. The molecule has 1 aliphatic rings. The number of pyridine rings is 1. The first-order valence-corrected chi connectivity index (χ1v) is 10.7. The summed E-state index contributed by atoms with van der Waals surface area (Å²) in [4.78, 5) is 7.14. The number of aromatic nitrogens is 1. The number of ether oxygens (including phenoxy) is 1. The Balaban J connectivity index is 1.78. The van der Waals surface area contributed by atoms with E-state index in [4.69, 9.17) is 9.72 Å². The standard InChI is InChI=1S/C24H22FN3OS/c1-28-12-11-22-21(14-28)23(17-5-9-19(29-2)10-6-17)20(13-26)24(27-22)30-15-16-3-7-18(25)8-4-16/h3-10H,11-12,14-15H2,1-2H3. The summed E-state index contributed by atoms with van der Waals surface area (Å²) in [6.07, 6.45) is 0.852. The van der Waals surface area contributed by atoms with Crippen molar-refractivity contribution in [1.82, 2.24) is 9.88 Å². The normalized spacial score (nSPS) is 13.5. The predicted octanol–water partition coefficient (Wildman–Crippen LogP) is 5.05. The molecule has 1 aromatic heterocycles. The number of fused-ring (bicyclic) bond motifs is 1. The third-order valence-corrected chi connectivity index (χ3v) is 6.33. The molecule has 152 valence electrons. The molecular formula is C24H22FN3OS. The van der Waals surface area contributed by atoms with E-state index >= 15 is 0 Å². The summed E-state index contributed by atoms with van der Waals surface area (Å²) in [6, 6.07) is 16.7. The van der Waals surface area contributed by atoms with E-state index in [0.29, 0.717) is 11.3 Å². The number of nitrogens with zero attached hydrogens (tertiary/aromatic N) is 3. The van der Waals surface area contributed by atoms with Gasteiger partial charge in [-0.25, -0.2) is 9.37 Å². The minimum absolute atomic E-state index is 0.251. The van der Waals surface area contributed by atoms with Crippen molar-refractivity contribution in [2.45, 2.75) is 23.7 Å². The highest BCUT2D eigenvalue weighted by atomic mass is 32.2. The molecule has 0 amide bonds. The highest BCUT2D eigenvalue weighted by Gasteiger charge is 2.25. The number of benzene rings is 2. The van der Waals surface area contributed by atoms with E-state index < -0.39 is 0 Å². The van der Waals surface area contributed by atoms with Gasteiger partial charge in [-0.2, -0.15) is 5.26 Å². The SMILES string of the molecule is COc1ccc(-c2c(C#N)c(SCc3ccc(F)cc3)nc3c2CN(C)CC3)cc1. The maximum atomic E-state index is 13.2. The molecule has 4 nitrogen and oxygen atoms in total.